The van der Waals surface area contributed by atoms with Gasteiger partial charge in [-0.3, -0.25) is 0 Å². The third kappa shape index (κ3) is 1.18. The maximum absolute atomic E-state index is 4.29. The summed E-state index contributed by atoms with van der Waals surface area (Å²) in [6.07, 6.45) is 7.68. The summed E-state index contributed by atoms with van der Waals surface area (Å²) in [4.78, 5) is 11.4. The molecular weight excluding hydrogens is 150 g/mol. The van der Waals surface area contributed by atoms with Crippen LogP contribution >= 0.6 is 0 Å². The molecule has 2 heterocycles. The van der Waals surface area contributed by atoms with Crippen LogP contribution < -0.4 is 0 Å². The van der Waals surface area contributed by atoms with Crippen molar-refractivity contribution < 1.29 is 0 Å². The fourth-order valence-electron chi connectivity index (χ4n) is 1.09. The highest BCUT2D eigenvalue weighted by atomic mass is 15.0. The summed E-state index contributed by atoms with van der Waals surface area (Å²) in [5, 5.41) is 0. The van der Waals surface area contributed by atoms with Crippen LogP contribution in [-0.4, -0.2) is 16.2 Å². The number of fused-ring (bicyclic) bond motifs is 1. The summed E-state index contributed by atoms with van der Waals surface area (Å²) in [6, 6.07) is 0. The lowest BCUT2D eigenvalue weighted by Crippen LogP contribution is -2.07. The molecule has 1 aliphatic rings. The number of rotatable bonds is 0. The SMILES string of the molecule is CC1(C)C=Cc2nc[nH]c2N=C1. The van der Waals surface area contributed by atoms with Gasteiger partial charge in [0.05, 0.1) is 6.33 Å². The Morgan fingerprint density at radius 2 is 2.25 bits per heavy atom. The van der Waals surface area contributed by atoms with Crippen molar-refractivity contribution in [1.29, 1.82) is 0 Å². The van der Waals surface area contributed by atoms with E-state index in [1.807, 2.05) is 12.3 Å². The predicted molar refractivity (Wildman–Crippen MR) is 49.6 cm³/mol. The number of aromatic nitrogens is 2. The van der Waals surface area contributed by atoms with Gasteiger partial charge in [0, 0.05) is 11.6 Å². The molecule has 2 rings (SSSR count). The largest absolute Gasteiger partial charge is 0.329 e. The van der Waals surface area contributed by atoms with E-state index >= 15 is 0 Å². The highest BCUT2D eigenvalue weighted by Crippen LogP contribution is 2.24. The smallest absolute Gasteiger partial charge is 0.156 e. The van der Waals surface area contributed by atoms with Gasteiger partial charge < -0.3 is 4.98 Å². The molecule has 1 aromatic rings. The molecule has 3 heteroatoms. The minimum absolute atomic E-state index is 0.0293. The van der Waals surface area contributed by atoms with Crippen molar-refractivity contribution in [2.24, 2.45) is 10.4 Å². The Bertz CT molecular complexity index is 314. The number of imidazole rings is 1. The number of H-pyrrole nitrogens is 1. The molecule has 62 valence electrons. The van der Waals surface area contributed by atoms with E-state index in [1.54, 1.807) is 6.33 Å². The van der Waals surface area contributed by atoms with Crippen LogP contribution in [0.15, 0.2) is 17.4 Å². The standard InChI is InChI=1S/C9H11N3/c1-9(2)4-3-7-8(10-5-9)12-6-11-7/h3-6H,1-2H3,(H,11,12). The molecule has 0 amide bonds. The van der Waals surface area contributed by atoms with Gasteiger partial charge in [-0.15, -0.1) is 0 Å². The van der Waals surface area contributed by atoms with Gasteiger partial charge in [0.1, 0.15) is 5.69 Å². The first-order valence-electron chi connectivity index (χ1n) is 3.95. The molecule has 0 saturated heterocycles. The molecule has 0 atom stereocenters. The Labute approximate surface area is 71.2 Å². The van der Waals surface area contributed by atoms with Crippen molar-refractivity contribution in [3.63, 3.8) is 0 Å². The van der Waals surface area contributed by atoms with Crippen LogP contribution in [0.1, 0.15) is 19.5 Å². The molecular formula is C9H11N3. The van der Waals surface area contributed by atoms with E-state index in [9.17, 15) is 0 Å². The lowest BCUT2D eigenvalue weighted by molar-refractivity contribution is 0.699. The zero-order chi connectivity index (χ0) is 8.60. The molecule has 0 saturated carbocycles. The number of nitrogens with one attached hydrogen (secondary N) is 1. The Hall–Kier alpha value is -1.38. The van der Waals surface area contributed by atoms with Crippen LogP contribution in [0.4, 0.5) is 5.82 Å². The molecule has 0 aliphatic carbocycles. The third-order valence-corrected chi connectivity index (χ3v) is 1.84. The maximum atomic E-state index is 4.29. The quantitative estimate of drug-likeness (QED) is 0.622. The molecule has 1 aromatic heterocycles. The normalized spacial score (nSPS) is 18.8. The van der Waals surface area contributed by atoms with E-state index in [2.05, 4.69) is 34.9 Å². The average Bonchev–Trinajstić information content (AvgIpc) is 2.40. The number of aromatic amines is 1. The first-order chi connectivity index (χ1) is 5.67. The van der Waals surface area contributed by atoms with Gasteiger partial charge in [-0.2, -0.15) is 0 Å². The van der Waals surface area contributed by atoms with Crippen molar-refractivity contribution in [1.82, 2.24) is 9.97 Å². The summed E-state index contributed by atoms with van der Waals surface area (Å²) in [5.41, 5.74) is 0.943. The van der Waals surface area contributed by atoms with Gasteiger partial charge in [0.15, 0.2) is 5.82 Å². The number of hydrogen-bond acceptors (Lipinski definition) is 2. The molecule has 0 bridgehead atoms. The minimum atomic E-state index is 0.0293. The second kappa shape index (κ2) is 2.30. The van der Waals surface area contributed by atoms with Crippen LogP contribution in [0, 0.1) is 5.41 Å². The number of allylic oxidation sites excluding steroid dienone is 1. The van der Waals surface area contributed by atoms with Crippen LogP contribution in [0.2, 0.25) is 0 Å². The molecule has 0 unspecified atom stereocenters. The van der Waals surface area contributed by atoms with Crippen molar-refractivity contribution in [2.75, 3.05) is 0 Å². The summed E-state index contributed by atoms with van der Waals surface area (Å²) in [7, 11) is 0. The van der Waals surface area contributed by atoms with Crippen molar-refractivity contribution in [2.45, 2.75) is 13.8 Å². The van der Waals surface area contributed by atoms with E-state index in [4.69, 9.17) is 0 Å². The number of hydrogen-bond donors (Lipinski definition) is 1. The third-order valence-electron chi connectivity index (χ3n) is 1.84. The van der Waals surface area contributed by atoms with Crippen LogP contribution in [-0.2, 0) is 0 Å². The Kier molecular flexibility index (Phi) is 1.40. The Morgan fingerprint density at radius 1 is 1.42 bits per heavy atom. The predicted octanol–water partition coefficient (Wildman–Crippen LogP) is 2.17. The minimum Gasteiger partial charge on any atom is -0.329 e. The van der Waals surface area contributed by atoms with Gasteiger partial charge in [-0.25, -0.2) is 9.98 Å². The van der Waals surface area contributed by atoms with Gasteiger partial charge in [-0.1, -0.05) is 19.9 Å². The van der Waals surface area contributed by atoms with Gasteiger partial charge in [0.25, 0.3) is 0 Å². The highest BCUT2D eigenvalue weighted by molar-refractivity contribution is 5.77. The zero-order valence-corrected chi connectivity index (χ0v) is 7.20. The fourth-order valence-corrected chi connectivity index (χ4v) is 1.09. The lowest BCUT2D eigenvalue weighted by Gasteiger charge is -2.10. The number of nitrogens with zero attached hydrogens (tertiary/aromatic N) is 2. The average molecular weight is 161 g/mol. The lowest BCUT2D eigenvalue weighted by atomic mass is 9.95. The Balaban J connectivity index is 2.49. The summed E-state index contributed by atoms with van der Waals surface area (Å²) >= 11 is 0. The molecule has 0 radical (unpaired) electrons. The monoisotopic (exact) mass is 161 g/mol. The van der Waals surface area contributed by atoms with Gasteiger partial charge >= 0.3 is 0 Å². The second-order valence-electron chi connectivity index (χ2n) is 3.55. The zero-order valence-electron chi connectivity index (χ0n) is 7.20. The van der Waals surface area contributed by atoms with E-state index in [0.717, 1.165) is 11.5 Å². The summed E-state index contributed by atoms with van der Waals surface area (Å²) in [6.45, 7) is 4.22. The van der Waals surface area contributed by atoms with Crippen LogP contribution in [0.3, 0.4) is 0 Å². The van der Waals surface area contributed by atoms with Gasteiger partial charge in [0.2, 0.25) is 0 Å². The van der Waals surface area contributed by atoms with Crippen LogP contribution in [0.5, 0.6) is 0 Å². The summed E-state index contributed by atoms with van der Waals surface area (Å²) in [5.74, 6) is 0.844. The van der Waals surface area contributed by atoms with Crippen molar-refractivity contribution in [3.05, 3.63) is 18.1 Å². The van der Waals surface area contributed by atoms with E-state index < -0.39 is 0 Å². The van der Waals surface area contributed by atoms with Gasteiger partial charge in [-0.05, 0) is 6.08 Å². The molecule has 1 N–H and O–H groups in total. The first kappa shape index (κ1) is 7.28. The topological polar surface area (TPSA) is 41.0 Å². The van der Waals surface area contributed by atoms with E-state index in [0.29, 0.717) is 0 Å². The van der Waals surface area contributed by atoms with Crippen LogP contribution in [0.25, 0.3) is 6.08 Å². The molecule has 3 nitrogen and oxygen atoms in total. The molecule has 12 heavy (non-hydrogen) atoms. The number of aliphatic imine (C=N–C) groups is 1. The first-order valence-corrected chi connectivity index (χ1v) is 3.95. The Morgan fingerprint density at radius 3 is 3.08 bits per heavy atom. The molecule has 1 aliphatic heterocycles. The molecule has 0 fully saturated rings. The molecule has 0 aromatic carbocycles. The van der Waals surface area contributed by atoms with Crippen molar-refractivity contribution >= 4 is 18.1 Å². The van der Waals surface area contributed by atoms with E-state index in [1.165, 1.54) is 0 Å². The van der Waals surface area contributed by atoms with E-state index in [-0.39, 0.29) is 5.41 Å². The van der Waals surface area contributed by atoms with Crippen molar-refractivity contribution in [3.8, 4) is 0 Å². The fraction of sp³-hybridized carbons (Fsp3) is 0.333. The second-order valence-corrected chi connectivity index (χ2v) is 3.55. The highest BCUT2D eigenvalue weighted by Gasteiger charge is 2.14. The molecule has 0 spiro atoms. The maximum Gasteiger partial charge on any atom is 0.156 e. The summed E-state index contributed by atoms with van der Waals surface area (Å²) < 4.78 is 0.